The third-order valence-electron chi connectivity index (χ3n) is 7.32. The fraction of sp³-hybridized carbons (Fsp3) is 0.515. The summed E-state index contributed by atoms with van der Waals surface area (Å²) in [6, 6.07) is 3.52. The van der Waals surface area contributed by atoms with E-state index in [2.05, 4.69) is 15.0 Å². The molecule has 1 saturated heterocycles. The van der Waals surface area contributed by atoms with Crippen molar-refractivity contribution < 1.29 is 28.6 Å². The van der Waals surface area contributed by atoms with E-state index in [1.54, 1.807) is 64.9 Å². The number of imide groups is 1. The number of hydrogen-bond donors (Lipinski definition) is 1. The summed E-state index contributed by atoms with van der Waals surface area (Å²) in [4.78, 5) is 56.4. The summed E-state index contributed by atoms with van der Waals surface area (Å²) in [5, 5.41) is 0.429. The lowest BCUT2D eigenvalue weighted by atomic mass is 10.1. The molecule has 1 fully saturated rings. The van der Waals surface area contributed by atoms with Crippen LogP contribution in [0.1, 0.15) is 81.2 Å². The lowest BCUT2D eigenvalue weighted by Gasteiger charge is -2.34. The lowest BCUT2D eigenvalue weighted by molar-refractivity contribution is 0.0188. The summed E-state index contributed by atoms with van der Waals surface area (Å²) in [6.07, 6.45) is 5.67. The first-order chi connectivity index (χ1) is 21.8. The SMILES string of the molecule is CC(C)(C)OC(=O)N1CCC(n2cc(-c3ccc(N)c4nccn34)c3c(N(C(=O)OC(C)(C)C)C(=O)OC(C)(C)C)ncnc32)CC1. The molecule has 0 spiro atoms. The van der Waals surface area contributed by atoms with Gasteiger partial charge in [-0.1, -0.05) is 0 Å². The molecule has 4 aromatic heterocycles. The highest BCUT2D eigenvalue weighted by atomic mass is 16.6. The van der Waals surface area contributed by atoms with Crippen LogP contribution in [0, 0.1) is 0 Å². The van der Waals surface area contributed by atoms with Crippen molar-refractivity contribution in [1.82, 2.24) is 28.8 Å². The number of nitrogen functional groups attached to an aromatic ring is 1. The second-order valence-corrected chi connectivity index (χ2v) is 14.6. The molecule has 0 atom stereocenters. The molecule has 252 valence electrons. The van der Waals surface area contributed by atoms with Gasteiger partial charge in [0.1, 0.15) is 28.8 Å². The number of ether oxygens (including phenoxy) is 3. The molecule has 0 bridgehead atoms. The van der Waals surface area contributed by atoms with E-state index in [1.807, 2.05) is 42.0 Å². The number of likely N-dealkylation sites (tertiary alicyclic amines) is 1. The van der Waals surface area contributed by atoms with Gasteiger partial charge in [0, 0.05) is 43.3 Å². The number of nitrogens with zero attached hydrogens (tertiary/aromatic N) is 7. The Labute approximate surface area is 273 Å². The largest absolute Gasteiger partial charge is 0.444 e. The molecule has 0 aliphatic carbocycles. The van der Waals surface area contributed by atoms with E-state index in [0.29, 0.717) is 59.6 Å². The van der Waals surface area contributed by atoms with E-state index in [4.69, 9.17) is 19.9 Å². The van der Waals surface area contributed by atoms with Gasteiger partial charge in [0.15, 0.2) is 11.5 Å². The fourth-order valence-electron chi connectivity index (χ4n) is 5.48. The molecule has 0 radical (unpaired) electrons. The summed E-state index contributed by atoms with van der Waals surface area (Å²) in [7, 11) is 0. The second-order valence-electron chi connectivity index (χ2n) is 14.6. The number of nitrogens with two attached hydrogens (primary N) is 1. The fourth-order valence-corrected chi connectivity index (χ4v) is 5.48. The summed E-state index contributed by atoms with van der Waals surface area (Å²) in [5.74, 6) is 0.00327. The van der Waals surface area contributed by atoms with Gasteiger partial charge in [-0.15, -0.1) is 0 Å². The molecule has 0 aromatic carbocycles. The zero-order valence-corrected chi connectivity index (χ0v) is 28.5. The molecule has 4 aromatic rings. The van der Waals surface area contributed by atoms with Crippen LogP contribution in [-0.2, 0) is 14.2 Å². The van der Waals surface area contributed by atoms with Crippen LogP contribution in [0.25, 0.3) is 27.9 Å². The smallest absolute Gasteiger partial charge is 0.425 e. The number of carbonyl (C=O) groups excluding carboxylic acids is 3. The maximum absolute atomic E-state index is 13.8. The number of imidazole rings is 1. The molecular formula is C33H44N8O6. The maximum Gasteiger partial charge on any atom is 0.425 e. The number of rotatable bonds is 3. The third-order valence-corrected chi connectivity index (χ3v) is 7.32. The predicted octanol–water partition coefficient (Wildman–Crippen LogP) is 6.58. The van der Waals surface area contributed by atoms with Gasteiger partial charge >= 0.3 is 18.3 Å². The van der Waals surface area contributed by atoms with Gasteiger partial charge in [-0.3, -0.25) is 4.40 Å². The van der Waals surface area contributed by atoms with Crippen molar-refractivity contribution in [2.45, 2.75) is 98.0 Å². The van der Waals surface area contributed by atoms with E-state index >= 15 is 0 Å². The minimum Gasteiger partial charge on any atom is -0.444 e. The molecule has 5 heterocycles. The molecular weight excluding hydrogens is 604 g/mol. The molecule has 1 aliphatic heterocycles. The van der Waals surface area contributed by atoms with E-state index in [0.717, 1.165) is 4.90 Å². The Balaban J connectivity index is 1.68. The second kappa shape index (κ2) is 12.0. The summed E-state index contributed by atoms with van der Waals surface area (Å²) in [6.45, 7) is 16.7. The first kappa shape index (κ1) is 33.5. The number of anilines is 2. The number of pyridine rings is 1. The molecule has 2 N–H and O–H groups in total. The van der Waals surface area contributed by atoms with Crippen LogP contribution in [0.2, 0.25) is 0 Å². The molecule has 0 saturated carbocycles. The average Bonchev–Trinajstić information content (AvgIpc) is 3.58. The Bertz CT molecular complexity index is 1790. The number of carbonyl (C=O) groups is 3. The molecule has 1 aliphatic rings. The number of amides is 3. The molecule has 47 heavy (non-hydrogen) atoms. The van der Waals surface area contributed by atoms with Crippen molar-refractivity contribution >= 4 is 46.5 Å². The van der Waals surface area contributed by atoms with Gasteiger partial charge in [0.2, 0.25) is 0 Å². The lowest BCUT2D eigenvalue weighted by Crippen LogP contribution is -2.44. The highest BCUT2D eigenvalue weighted by molar-refractivity contribution is 6.16. The van der Waals surface area contributed by atoms with Gasteiger partial charge < -0.3 is 29.4 Å². The van der Waals surface area contributed by atoms with Gasteiger partial charge in [0.25, 0.3) is 0 Å². The Morgan fingerprint density at radius 2 is 1.43 bits per heavy atom. The maximum atomic E-state index is 13.8. The highest BCUT2D eigenvalue weighted by Gasteiger charge is 2.37. The van der Waals surface area contributed by atoms with Crippen LogP contribution in [0.3, 0.4) is 0 Å². The van der Waals surface area contributed by atoms with Crippen LogP contribution in [-0.4, -0.2) is 77.0 Å². The molecule has 0 unspecified atom stereocenters. The van der Waals surface area contributed by atoms with Crippen molar-refractivity contribution in [3.63, 3.8) is 0 Å². The zero-order valence-electron chi connectivity index (χ0n) is 28.5. The Morgan fingerprint density at radius 1 is 0.830 bits per heavy atom. The quantitative estimate of drug-likeness (QED) is 0.241. The zero-order chi connectivity index (χ0) is 34.5. The van der Waals surface area contributed by atoms with Gasteiger partial charge in [0.05, 0.1) is 16.8 Å². The van der Waals surface area contributed by atoms with Crippen molar-refractivity contribution in [3.05, 3.63) is 37.1 Å². The first-order valence-electron chi connectivity index (χ1n) is 15.6. The summed E-state index contributed by atoms with van der Waals surface area (Å²) < 4.78 is 20.8. The van der Waals surface area contributed by atoms with Crippen LogP contribution in [0.5, 0.6) is 0 Å². The Hall–Kier alpha value is -4.88. The summed E-state index contributed by atoms with van der Waals surface area (Å²) >= 11 is 0. The normalized spacial score (nSPS) is 14.8. The van der Waals surface area contributed by atoms with Gasteiger partial charge in [-0.05, 0) is 87.3 Å². The van der Waals surface area contributed by atoms with Crippen molar-refractivity contribution in [2.75, 3.05) is 23.7 Å². The van der Waals surface area contributed by atoms with Crippen LogP contribution >= 0.6 is 0 Å². The van der Waals surface area contributed by atoms with E-state index in [-0.39, 0.29) is 18.0 Å². The van der Waals surface area contributed by atoms with Crippen molar-refractivity contribution in [1.29, 1.82) is 0 Å². The highest BCUT2D eigenvalue weighted by Crippen LogP contribution is 2.40. The average molecular weight is 649 g/mol. The van der Waals surface area contributed by atoms with Crippen LogP contribution < -0.4 is 10.6 Å². The van der Waals surface area contributed by atoms with Crippen LogP contribution in [0.4, 0.5) is 25.9 Å². The molecule has 3 amide bonds. The van der Waals surface area contributed by atoms with Crippen molar-refractivity contribution in [3.8, 4) is 11.3 Å². The Morgan fingerprint density at radius 3 is 2.00 bits per heavy atom. The Kier molecular flexibility index (Phi) is 8.58. The number of fused-ring (bicyclic) bond motifs is 2. The predicted molar refractivity (Wildman–Crippen MR) is 177 cm³/mol. The van der Waals surface area contributed by atoms with E-state index < -0.39 is 29.0 Å². The number of hydrogen-bond acceptors (Lipinski definition) is 10. The first-order valence-corrected chi connectivity index (χ1v) is 15.6. The third kappa shape index (κ3) is 7.26. The molecule has 5 rings (SSSR count). The van der Waals surface area contributed by atoms with Crippen molar-refractivity contribution in [2.24, 2.45) is 0 Å². The summed E-state index contributed by atoms with van der Waals surface area (Å²) in [5.41, 5.74) is 6.65. The van der Waals surface area contributed by atoms with Crippen LogP contribution in [0.15, 0.2) is 37.1 Å². The van der Waals surface area contributed by atoms with Gasteiger partial charge in [-0.2, -0.15) is 4.90 Å². The standard InChI is InChI=1S/C33H44N8O6/c1-31(2,3)45-28(42)38-15-12-20(13-16-38)40-18-21(23-11-10-22(34)25-35-14-17-39(23)25)24-26(40)36-19-37-27(24)41(29(43)46-32(4,5)6)30(44)47-33(7,8)9/h10-11,14,17-20H,12-13,15-16,34H2,1-9H3. The van der Waals surface area contributed by atoms with E-state index in [1.165, 1.54) is 6.33 Å². The number of aromatic nitrogens is 5. The number of piperidine rings is 1. The topological polar surface area (TPSA) is 159 Å². The van der Waals surface area contributed by atoms with E-state index in [9.17, 15) is 14.4 Å². The minimum atomic E-state index is -0.943. The monoisotopic (exact) mass is 648 g/mol. The molecule has 14 heteroatoms. The van der Waals surface area contributed by atoms with Gasteiger partial charge in [-0.25, -0.2) is 29.3 Å². The minimum absolute atomic E-state index is 0.00327. The molecule has 14 nitrogen and oxygen atoms in total.